The molecule has 0 unspecified atom stereocenters. The van der Waals surface area contributed by atoms with E-state index >= 15 is 0 Å². The molecule has 0 aliphatic heterocycles. The van der Waals surface area contributed by atoms with Crippen molar-refractivity contribution in [3.8, 4) is 22.5 Å². The van der Waals surface area contributed by atoms with Gasteiger partial charge >= 0.3 is 0 Å². The molecule has 0 fully saturated rings. The van der Waals surface area contributed by atoms with E-state index in [0.29, 0.717) is 17.8 Å². The number of fused-ring (bicyclic) bond motifs is 2. The zero-order valence-electron chi connectivity index (χ0n) is 22.2. The minimum atomic E-state index is -0.237. The smallest absolute Gasteiger partial charge is 0.238 e. The number of carbonyl (C=O) groups excluding carboxylic acids is 1. The summed E-state index contributed by atoms with van der Waals surface area (Å²) in [6.07, 6.45) is 9.49. The van der Waals surface area contributed by atoms with Gasteiger partial charge in [-0.25, -0.2) is 9.67 Å². The Morgan fingerprint density at radius 1 is 1.18 bits per heavy atom. The zero-order chi connectivity index (χ0) is 28.0. The maximum Gasteiger partial charge on any atom is 0.238 e. The number of allylic oxidation sites excluding steroid dienone is 3. The second-order valence-corrected chi connectivity index (χ2v) is 11.0. The van der Waals surface area contributed by atoms with Crippen LogP contribution in [0.15, 0.2) is 66.8 Å². The van der Waals surface area contributed by atoms with E-state index in [1.807, 2.05) is 51.5 Å². The molecule has 0 saturated heterocycles. The molecule has 6 rings (SSSR count). The first-order chi connectivity index (χ1) is 19.2. The molecule has 5 aromatic heterocycles. The number of pyridine rings is 2. The lowest BCUT2D eigenvalue weighted by Gasteiger charge is -2.10. The van der Waals surface area contributed by atoms with Crippen LogP contribution in [0, 0.1) is 5.13 Å². The van der Waals surface area contributed by atoms with Gasteiger partial charge in [0.25, 0.3) is 0 Å². The first kappa shape index (κ1) is 25.7. The lowest BCUT2D eigenvalue weighted by molar-refractivity contribution is -0.116. The minimum Gasteiger partial charge on any atom is -0.402 e. The summed E-state index contributed by atoms with van der Waals surface area (Å²) >= 11 is 1.10. The molecular weight excluding hydrogens is 527 g/mol. The predicted molar refractivity (Wildman–Crippen MR) is 156 cm³/mol. The van der Waals surface area contributed by atoms with Crippen LogP contribution in [-0.2, 0) is 18.3 Å². The monoisotopic (exact) mass is 554 g/mol. The second kappa shape index (κ2) is 10.2. The predicted octanol–water partition coefficient (Wildman–Crippen LogP) is 4.56. The van der Waals surface area contributed by atoms with E-state index in [-0.39, 0.29) is 17.6 Å². The number of aromatic amines is 1. The zero-order valence-corrected chi connectivity index (χ0v) is 23.0. The number of amides is 1. The van der Waals surface area contributed by atoms with Gasteiger partial charge in [-0.3, -0.25) is 9.78 Å². The number of aromatic nitrogens is 5. The number of anilines is 1. The summed E-state index contributed by atoms with van der Waals surface area (Å²) in [5.41, 5.74) is 14.3. The summed E-state index contributed by atoms with van der Waals surface area (Å²) in [5.74, 6) is -0.118. The van der Waals surface area contributed by atoms with Crippen LogP contribution in [0.4, 0.5) is 10.1 Å². The van der Waals surface area contributed by atoms with Crippen LogP contribution < -0.4 is 11.1 Å². The lowest BCUT2D eigenvalue weighted by Crippen LogP contribution is -2.27. The first-order valence-corrected chi connectivity index (χ1v) is 13.4. The number of hydrogen-bond donors (Lipinski definition) is 3. The number of nitrogens with zero attached hydrogens (tertiary/aromatic N) is 5. The number of rotatable bonds is 6. The molecule has 0 bridgehead atoms. The van der Waals surface area contributed by atoms with E-state index in [1.54, 1.807) is 34.2 Å². The molecule has 202 valence electrons. The topological polar surface area (TPSA) is 118 Å². The van der Waals surface area contributed by atoms with E-state index in [1.165, 1.54) is 6.07 Å². The number of thiophene rings is 1. The number of carbonyl (C=O) groups is 1. The number of likely N-dealkylation sites (N-methyl/N-ethyl adjacent to an activating group) is 1. The molecule has 1 aliphatic rings. The van der Waals surface area contributed by atoms with E-state index in [4.69, 9.17) is 15.8 Å². The number of hydrogen-bond acceptors (Lipinski definition) is 7. The SMILES string of the molecule is CN(C)CC(=O)Nc1cncc(-c2cnc3c(c2)c(-c2cc4c([nH]2)CC(N)=CC=C4c2ccc(F)s2)nn3C)c1. The van der Waals surface area contributed by atoms with Crippen LogP contribution >= 0.6 is 11.3 Å². The summed E-state index contributed by atoms with van der Waals surface area (Å²) < 4.78 is 15.6. The van der Waals surface area contributed by atoms with Crippen molar-refractivity contribution in [2.24, 2.45) is 12.8 Å². The highest BCUT2D eigenvalue weighted by Gasteiger charge is 2.22. The first-order valence-electron chi connectivity index (χ1n) is 12.6. The van der Waals surface area contributed by atoms with Gasteiger partial charge in [-0.2, -0.15) is 9.49 Å². The van der Waals surface area contributed by atoms with Gasteiger partial charge in [-0.1, -0.05) is 6.08 Å². The number of nitrogens with two attached hydrogens (primary N) is 1. The number of halogens is 1. The molecule has 40 heavy (non-hydrogen) atoms. The highest BCUT2D eigenvalue weighted by Crippen LogP contribution is 2.37. The average molecular weight is 555 g/mol. The van der Waals surface area contributed by atoms with E-state index in [2.05, 4.69) is 15.3 Å². The van der Waals surface area contributed by atoms with E-state index in [0.717, 1.165) is 66.6 Å². The Balaban J connectivity index is 1.40. The molecule has 1 aliphatic carbocycles. The fraction of sp³-hybridized carbons (Fsp3) is 0.172. The molecule has 9 nitrogen and oxygen atoms in total. The van der Waals surface area contributed by atoms with Crippen LogP contribution in [-0.4, -0.2) is 56.2 Å². The maximum atomic E-state index is 13.9. The van der Waals surface area contributed by atoms with Gasteiger partial charge in [-0.05, 0) is 50.5 Å². The molecule has 4 N–H and O–H groups in total. The Morgan fingerprint density at radius 2 is 2.00 bits per heavy atom. The third kappa shape index (κ3) is 4.92. The Hall–Kier alpha value is -4.61. The normalized spacial score (nSPS) is 13.2. The van der Waals surface area contributed by atoms with Crippen LogP contribution in [0.5, 0.6) is 0 Å². The second-order valence-electron chi connectivity index (χ2n) is 9.99. The van der Waals surface area contributed by atoms with E-state index < -0.39 is 0 Å². The summed E-state index contributed by atoms with van der Waals surface area (Å²) in [4.78, 5) is 27.4. The summed E-state index contributed by atoms with van der Waals surface area (Å²) in [5, 5.41) is 8.30. The average Bonchev–Trinajstić information content (AvgIpc) is 3.59. The number of H-pyrrole nitrogens is 1. The van der Waals surface area contributed by atoms with E-state index in [9.17, 15) is 9.18 Å². The number of nitrogens with one attached hydrogen (secondary N) is 2. The van der Waals surface area contributed by atoms with Gasteiger partial charge in [-0.15, -0.1) is 11.3 Å². The minimum absolute atomic E-state index is 0.118. The number of aryl methyl sites for hydroxylation is 1. The van der Waals surface area contributed by atoms with Gasteiger partial charge < -0.3 is 20.9 Å². The van der Waals surface area contributed by atoms with Crippen molar-refractivity contribution < 1.29 is 9.18 Å². The molecule has 0 saturated carbocycles. The molecular formula is C29H27FN8OS. The van der Waals surface area contributed by atoms with Crippen molar-refractivity contribution in [3.63, 3.8) is 0 Å². The molecule has 0 aromatic carbocycles. The molecule has 5 aromatic rings. The lowest BCUT2D eigenvalue weighted by atomic mass is 10.0. The maximum absolute atomic E-state index is 13.9. The summed E-state index contributed by atoms with van der Waals surface area (Å²) in [7, 11) is 5.54. The molecule has 0 atom stereocenters. The van der Waals surface area contributed by atoms with Crippen molar-refractivity contribution in [3.05, 3.63) is 88.0 Å². The fourth-order valence-electron chi connectivity index (χ4n) is 4.87. The largest absolute Gasteiger partial charge is 0.402 e. The Kier molecular flexibility index (Phi) is 6.53. The fourth-order valence-corrected chi connectivity index (χ4v) is 5.64. The molecule has 11 heteroatoms. The van der Waals surface area contributed by atoms with Crippen molar-refractivity contribution in [2.45, 2.75) is 6.42 Å². The van der Waals surface area contributed by atoms with Crippen LogP contribution in [0.25, 0.3) is 39.1 Å². The summed E-state index contributed by atoms with van der Waals surface area (Å²) in [6.45, 7) is 0.274. The van der Waals surface area contributed by atoms with Crippen LogP contribution in [0.3, 0.4) is 0 Å². The van der Waals surface area contributed by atoms with Gasteiger partial charge in [0.1, 0.15) is 5.69 Å². The Labute approximate surface area is 233 Å². The highest BCUT2D eigenvalue weighted by atomic mass is 32.1. The van der Waals surface area contributed by atoms with Crippen LogP contribution in [0.2, 0.25) is 0 Å². The van der Waals surface area contributed by atoms with Gasteiger partial charge in [0.2, 0.25) is 5.91 Å². The Bertz CT molecular complexity index is 1830. The highest BCUT2D eigenvalue weighted by molar-refractivity contribution is 7.11. The Morgan fingerprint density at radius 3 is 2.77 bits per heavy atom. The van der Waals surface area contributed by atoms with Gasteiger partial charge in [0.15, 0.2) is 10.8 Å². The van der Waals surface area contributed by atoms with Crippen molar-refractivity contribution in [1.29, 1.82) is 0 Å². The molecule has 1 amide bonds. The molecule has 0 radical (unpaired) electrons. The third-order valence-electron chi connectivity index (χ3n) is 6.62. The standard InChI is InChI=1S/C29H27FN8OS/c1-37(2)15-27(39)34-19-8-16(12-32-14-19)17-9-22-28(36-38(3)29(22)33-13-17)24-11-21-20(25-6-7-26(30)40-25)5-4-18(31)10-23(21)35-24/h4-9,11-14,35H,10,15,31H2,1-3H3,(H,34,39). The molecule has 5 heterocycles. The summed E-state index contributed by atoms with van der Waals surface area (Å²) in [6, 6.07) is 9.21. The quantitative estimate of drug-likeness (QED) is 0.283. The van der Waals surface area contributed by atoms with Gasteiger partial charge in [0, 0.05) is 69.8 Å². The van der Waals surface area contributed by atoms with Crippen molar-refractivity contribution in [1.82, 2.24) is 29.6 Å². The third-order valence-corrected chi connectivity index (χ3v) is 7.53. The van der Waals surface area contributed by atoms with Crippen molar-refractivity contribution >= 4 is 39.5 Å². The molecule has 0 spiro atoms. The van der Waals surface area contributed by atoms with Crippen LogP contribution in [0.1, 0.15) is 16.1 Å². The van der Waals surface area contributed by atoms with Gasteiger partial charge in [0.05, 0.1) is 24.1 Å². The van der Waals surface area contributed by atoms with Crippen molar-refractivity contribution in [2.75, 3.05) is 26.0 Å².